The highest BCUT2D eigenvalue weighted by Crippen LogP contribution is 2.30. The van der Waals surface area contributed by atoms with Crippen molar-refractivity contribution in [3.63, 3.8) is 0 Å². The lowest BCUT2D eigenvalue weighted by atomic mass is 10.1. The zero-order chi connectivity index (χ0) is 11.1. The van der Waals surface area contributed by atoms with Gasteiger partial charge in [0.15, 0.2) is 0 Å². The molecule has 0 amide bonds. The lowest BCUT2D eigenvalue weighted by molar-refractivity contribution is 1.53. The minimum atomic E-state index is 0.758. The molecule has 2 heteroatoms. The second-order valence-electron chi connectivity index (χ2n) is 3.87. The van der Waals surface area contributed by atoms with E-state index < -0.39 is 0 Å². The molecule has 0 atom stereocenters. The van der Waals surface area contributed by atoms with Crippen LogP contribution in [0, 0.1) is 0 Å². The molecule has 0 aliphatic carbocycles. The molecule has 0 saturated heterocycles. The minimum Gasteiger partial charge on any atom is -0.398 e. The van der Waals surface area contributed by atoms with E-state index in [0.29, 0.717) is 0 Å². The molecule has 78 valence electrons. The fourth-order valence-corrected chi connectivity index (χ4v) is 2.18. The van der Waals surface area contributed by atoms with E-state index in [1.165, 1.54) is 10.8 Å². The van der Waals surface area contributed by atoms with Crippen LogP contribution in [-0.4, -0.2) is 4.98 Å². The zero-order valence-corrected chi connectivity index (χ0v) is 8.83. The standard InChI is InChI=1S/C14H12N2/c1-2-9-12(15)8-7-11-10-5-3-4-6-13(10)16-14(9)11/h2-8,16H,1,15H2. The predicted molar refractivity (Wildman–Crippen MR) is 70.3 cm³/mol. The number of aromatic amines is 1. The molecule has 16 heavy (non-hydrogen) atoms. The van der Waals surface area contributed by atoms with E-state index in [2.05, 4.69) is 29.8 Å². The highest BCUT2D eigenvalue weighted by Gasteiger charge is 2.07. The molecular weight excluding hydrogens is 196 g/mol. The van der Waals surface area contributed by atoms with E-state index in [1.807, 2.05) is 18.2 Å². The summed E-state index contributed by atoms with van der Waals surface area (Å²) >= 11 is 0. The number of nitrogens with two attached hydrogens (primary N) is 1. The third-order valence-corrected chi connectivity index (χ3v) is 2.96. The Labute approximate surface area is 93.4 Å². The van der Waals surface area contributed by atoms with Crippen molar-refractivity contribution in [1.29, 1.82) is 0 Å². The molecule has 0 aliphatic heterocycles. The van der Waals surface area contributed by atoms with Crippen LogP contribution in [0.3, 0.4) is 0 Å². The molecule has 0 unspecified atom stereocenters. The van der Waals surface area contributed by atoms with Gasteiger partial charge in [0.05, 0.1) is 5.52 Å². The Bertz CT molecular complexity index is 692. The third-order valence-electron chi connectivity index (χ3n) is 2.96. The average Bonchev–Trinajstić information content (AvgIpc) is 2.67. The van der Waals surface area contributed by atoms with E-state index >= 15 is 0 Å². The Morgan fingerprint density at radius 3 is 2.69 bits per heavy atom. The van der Waals surface area contributed by atoms with Crippen LogP contribution in [0.2, 0.25) is 0 Å². The molecule has 1 heterocycles. The summed E-state index contributed by atoms with van der Waals surface area (Å²) in [6.07, 6.45) is 1.80. The highest BCUT2D eigenvalue weighted by atomic mass is 14.7. The number of anilines is 1. The van der Waals surface area contributed by atoms with Gasteiger partial charge in [-0.05, 0) is 12.1 Å². The number of para-hydroxylation sites is 1. The Kier molecular flexibility index (Phi) is 1.77. The molecule has 3 aromatic rings. The summed E-state index contributed by atoms with van der Waals surface area (Å²) in [4.78, 5) is 3.39. The molecule has 0 fully saturated rings. The fraction of sp³-hybridized carbons (Fsp3) is 0. The van der Waals surface area contributed by atoms with E-state index in [4.69, 9.17) is 5.73 Å². The normalized spacial score (nSPS) is 11.0. The van der Waals surface area contributed by atoms with E-state index in [0.717, 1.165) is 22.3 Å². The van der Waals surface area contributed by atoms with Crippen LogP contribution in [-0.2, 0) is 0 Å². The maximum absolute atomic E-state index is 5.93. The van der Waals surface area contributed by atoms with Gasteiger partial charge in [0.1, 0.15) is 0 Å². The summed E-state index contributed by atoms with van der Waals surface area (Å²) in [5, 5.41) is 2.42. The number of nitrogen functional groups attached to an aromatic ring is 1. The number of rotatable bonds is 1. The van der Waals surface area contributed by atoms with Gasteiger partial charge >= 0.3 is 0 Å². The maximum Gasteiger partial charge on any atom is 0.0559 e. The summed E-state index contributed by atoms with van der Waals surface area (Å²) in [5.41, 5.74) is 9.86. The number of H-pyrrole nitrogens is 1. The Morgan fingerprint density at radius 1 is 1.06 bits per heavy atom. The SMILES string of the molecule is C=Cc1c(N)ccc2c1[nH]c1ccccc12. The number of benzene rings is 2. The second kappa shape index (κ2) is 3.14. The van der Waals surface area contributed by atoms with E-state index in [-0.39, 0.29) is 0 Å². The van der Waals surface area contributed by atoms with E-state index in [9.17, 15) is 0 Å². The fourth-order valence-electron chi connectivity index (χ4n) is 2.18. The smallest absolute Gasteiger partial charge is 0.0559 e. The summed E-state index contributed by atoms with van der Waals surface area (Å²) in [5.74, 6) is 0. The predicted octanol–water partition coefficient (Wildman–Crippen LogP) is 3.55. The van der Waals surface area contributed by atoms with Crippen molar-refractivity contribution in [3.8, 4) is 0 Å². The summed E-state index contributed by atoms with van der Waals surface area (Å²) in [6.45, 7) is 3.81. The average molecular weight is 208 g/mol. The van der Waals surface area contributed by atoms with Crippen molar-refractivity contribution < 1.29 is 0 Å². The number of hydrogen-bond donors (Lipinski definition) is 2. The minimum absolute atomic E-state index is 0.758. The zero-order valence-electron chi connectivity index (χ0n) is 8.83. The summed E-state index contributed by atoms with van der Waals surface area (Å²) in [7, 11) is 0. The Balaban J connectivity index is 2.58. The number of hydrogen-bond acceptors (Lipinski definition) is 1. The van der Waals surface area contributed by atoms with Crippen LogP contribution in [0.4, 0.5) is 5.69 Å². The van der Waals surface area contributed by atoms with Crippen LogP contribution < -0.4 is 5.73 Å². The first-order valence-electron chi connectivity index (χ1n) is 5.22. The van der Waals surface area contributed by atoms with Gasteiger partial charge in [-0.25, -0.2) is 0 Å². The monoisotopic (exact) mass is 208 g/mol. The lowest BCUT2D eigenvalue weighted by Crippen LogP contribution is -1.89. The van der Waals surface area contributed by atoms with Gasteiger partial charge in [-0.15, -0.1) is 0 Å². The Hall–Kier alpha value is -2.22. The first kappa shape index (κ1) is 9.04. The van der Waals surface area contributed by atoms with Crippen LogP contribution >= 0.6 is 0 Å². The van der Waals surface area contributed by atoms with Gasteiger partial charge in [0.25, 0.3) is 0 Å². The molecular formula is C14H12N2. The van der Waals surface area contributed by atoms with Crippen molar-refractivity contribution >= 4 is 33.6 Å². The molecule has 2 nitrogen and oxygen atoms in total. The highest BCUT2D eigenvalue weighted by molar-refractivity contribution is 6.10. The van der Waals surface area contributed by atoms with E-state index in [1.54, 1.807) is 6.08 Å². The first-order chi connectivity index (χ1) is 7.81. The molecule has 0 spiro atoms. The quantitative estimate of drug-likeness (QED) is 0.590. The number of fused-ring (bicyclic) bond motifs is 3. The van der Waals surface area contributed by atoms with Gasteiger partial charge in [-0.3, -0.25) is 0 Å². The molecule has 0 bridgehead atoms. The molecule has 3 rings (SSSR count). The van der Waals surface area contributed by atoms with Gasteiger partial charge in [-0.1, -0.05) is 36.9 Å². The molecule has 3 N–H and O–H groups in total. The van der Waals surface area contributed by atoms with Crippen molar-refractivity contribution in [2.24, 2.45) is 0 Å². The lowest BCUT2D eigenvalue weighted by Gasteiger charge is -2.01. The van der Waals surface area contributed by atoms with Gasteiger partial charge in [-0.2, -0.15) is 0 Å². The van der Waals surface area contributed by atoms with Gasteiger partial charge < -0.3 is 10.7 Å². The van der Waals surface area contributed by atoms with Crippen LogP contribution in [0.15, 0.2) is 43.0 Å². The second-order valence-corrected chi connectivity index (χ2v) is 3.87. The molecule has 0 aliphatic rings. The number of nitrogens with one attached hydrogen (secondary N) is 1. The molecule has 0 saturated carbocycles. The maximum atomic E-state index is 5.93. The van der Waals surface area contributed by atoms with Gasteiger partial charge in [0.2, 0.25) is 0 Å². The van der Waals surface area contributed by atoms with Gasteiger partial charge in [0, 0.05) is 27.5 Å². The third kappa shape index (κ3) is 1.07. The largest absolute Gasteiger partial charge is 0.398 e. The van der Waals surface area contributed by atoms with Crippen molar-refractivity contribution in [1.82, 2.24) is 4.98 Å². The van der Waals surface area contributed by atoms with Crippen LogP contribution in [0.25, 0.3) is 27.9 Å². The summed E-state index contributed by atoms with van der Waals surface area (Å²) < 4.78 is 0. The van der Waals surface area contributed by atoms with Crippen molar-refractivity contribution in [2.75, 3.05) is 5.73 Å². The van der Waals surface area contributed by atoms with Crippen LogP contribution in [0.5, 0.6) is 0 Å². The Morgan fingerprint density at radius 2 is 1.88 bits per heavy atom. The van der Waals surface area contributed by atoms with Crippen molar-refractivity contribution in [2.45, 2.75) is 0 Å². The van der Waals surface area contributed by atoms with Crippen LogP contribution in [0.1, 0.15) is 5.56 Å². The number of aromatic nitrogens is 1. The topological polar surface area (TPSA) is 41.8 Å². The molecule has 0 radical (unpaired) electrons. The molecule has 1 aromatic heterocycles. The molecule has 2 aromatic carbocycles. The summed E-state index contributed by atoms with van der Waals surface area (Å²) in [6, 6.07) is 12.2. The van der Waals surface area contributed by atoms with Crippen molar-refractivity contribution in [3.05, 3.63) is 48.5 Å². The first-order valence-corrected chi connectivity index (χ1v) is 5.22.